The van der Waals surface area contributed by atoms with Gasteiger partial charge in [0.25, 0.3) is 0 Å². The number of guanidine groups is 1. The average molecular weight is 419 g/mol. The van der Waals surface area contributed by atoms with E-state index in [4.69, 9.17) is 0 Å². The van der Waals surface area contributed by atoms with Gasteiger partial charge in [-0.2, -0.15) is 0 Å². The molecule has 2 N–H and O–H groups in total. The van der Waals surface area contributed by atoms with E-state index in [1.165, 1.54) is 4.88 Å². The first-order valence-electron chi connectivity index (χ1n) is 6.82. The third kappa shape index (κ3) is 6.47. The van der Waals surface area contributed by atoms with E-state index in [1.807, 2.05) is 18.3 Å². The van der Waals surface area contributed by atoms with Gasteiger partial charge in [-0.1, -0.05) is 0 Å². The molecule has 116 valence electrons. The SMILES string of the molecule is CCNC(=NCc1ncc(C)s1)NCCn1cccc1.I. The van der Waals surface area contributed by atoms with Gasteiger partial charge in [-0.25, -0.2) is 9.98 Å². The lowest BCUT2D eigenvalue weighted by Crippen LogP contribution is -2.38. The molecule has 0 saturated heterocycles. The van der Waals surface area contributed by atoms with Gasteiger partial charge in [-0.15, -0.1) is 35.3 Å². The zero-order chi connectivity index (χ0) is 14.2. The molecule has 0 atom stereocenters. The summed E-state index contributed by atoms with van der Waals surface area (Å²) in [6, 6.07) is 4.06. The van der Waals surface area contributed by atoms with E-state index in [0.717, 1.165) is 30.6 Å². The van der Waals surface area contributed by atoms with E-state index in [2.05, 4.69) is 51.4 Å². The van der Waals surface area contributed by atoms with Crippen LogP contribution in [0.15, 0.2) is 35.7 Å². The minimum atomic E-state index is 0. The Balaban J connectivity index is 0.00000220. The predicted molar refractivity (Wildman–Crippen MR) is 99.5 cm³/mol. The van der Waals surface area contributed by atoms with Crippen LogP contribution in [0, 0.1) is 6.92 Å². The molecule has 0 spiro atoms. The van der Waals surface area contributed by atoms with Crippen molar-refractivity contribution in [1.29, 1.82) is 0 Å². The first-order chi connectivity index (χ1) is 9.78. The molecule has 2 aromatic rings. The molecule has 7 heteroatoms. The van der Waals surface area contributed by atoms with E-state index in [-0.39, 0.29) is 24.0 Å². The zero-order valence-corrected chi connectivity index (χ0v) is 15.5. The third-order valence-electron chi connectivity index (χ3n) is 2.71. The predicted octanol–water partition coefficient (Wildman–Crippen LogP) is 2.63. The molecule has 0 aliphatic carbocycles. The molecule has 0 unspecified atom stereocenters. The van der Waals surface area contributed by atoms with Crippen LogP contribution in [0.2, 0.25) is 0 Å². The van der Waals surface area contributed by atoms with Crippen LogP contribution in [0.3, 0.4) is 0 Å². The first-order valence-corrected chi connectivity index (χ1v) is 7.64. The molecule has 0 fully saturated rings. The summed E-state index contributed by atoms with van der Waals surface area (Å²) in [5.74, 6) is 0.840. The highest BCUT2D eigenvalue weighted by molar-refractivity contribution is 14.0. The monoisotopic (exact) mass is 419 g/mol. The number of aryl methyl sites for hydroxylation is 1. The van der Waals surface area contributed by atoms with Gasteiger partial charge in [0.15, 0.2) is 5.96 Å². The Morgan fingerprint density at radius 1 is 1.33 bits per heavy atom. The van der Waals surface area contributed by atoms with Gasteiger partial charge in [0.05, 0.1) is 6.54 Å². The summed E-state index contributed by atoms with van der Waals surface area (Å²) < 4.78 is 2.14. The van der Waals surface area contributed by atoms with E-state index in [1.54, 1.807) is 11.3 Å². The van der Waals surface area contributed by atoms with Crippen molar-refractivity contribution in [2.45, 2.75) is 26.9 Å². The number of rotatable bonds is 6. The lowest BCUT2D eigenvalue weighted by Gasteiger charge is -2.11. The summed E-state index contributed by atoms with van der Waals surface area (Å²) in [6.45, 7) is 7.37. The molecule has 2 heterocycles. The molecule has 2 rings (SSSR count). The van der Waals surface area contributed by atoms with Gasteiger partial charge in [0, 0.05) is 43.1 Å². The van der Waals surface area contributed by atoms with Crippen LogP contribution in [0.5, 0.6) is 0 Å². The maximum atomic E-state index is 4.55. The van der Waals surface area contributed by atoms with Crippen molar-refractivity contribution in [3.05, 3.63) is 40.6 Å². The van der Waals surface area contributed by atoms with Gasteiger partial charge < -0.3 is 15.2 Å². The Morgan fingerprint density at radius 3 is 2.71 bits per heavy atom. The second-order valence-electron chi connectivity index (χ2n) is 4.41. The number of hydrogen-bond donors (Lipinski definition) is 2. The number of thiazole rings is 1. The Kier molecular flexibility index (Phi) is 8.36. The number of aliphatic imine (C=N–C) groups is 1. The fourth-order valence-electron chi connectivity index (χ4n) is 1.79. The number of aromatic nitrogens is 2. The van der Waals surface area contributed by atoms with Crippen LogP contribution in [0.25, 0.3) is 0 Å². The van der Waals surface area contributed by atoms with E-state index < -0.39 is 0 Å². The number of hydrogen-bond acceptors (Lipinski definition) is 3. The summed E-state index contributed by atoms with van der Waals surface area (Å²) in [5.41, 5.74) is 0. The minimum absolute atomic E-state index is 0. The molecule has 0 saturated carbocycles. The molecular weight excluding hydrogens is 397 g/mol. The molecule has 0 radical (unpaired) electrons. The Morgan fingerprint density at radius 2 is 2.10 bits per heavy atom. The zero-order valence-electron chi connectivity index (χ0n) is 12.4. The molecule has 0 aromatic carbocycles. The van der Waals surface area contributed by atoms with Crippen LogP contribution in [-0.2, 0) is 13.1 Å². The highest BCUT2D eigenvalue weighted by atomic mass is 127. The Bertz CT molecular complexity index is 535. The molecule has 0 amide bonds. The lowest BCUT2D eigenvalue weighted by molar-refractivity contribution is 0.665. The third-order valence-corrected chi connectivity index (χ3v) is 3.61. The summed E-state index contributed by atoms with van der Waals surface area (Å²) in [5, 5.41) is 7.62. The minimum Gasteiger partial charge on any atom is -0.357 e. The van der Waals surface area contributed by atoms with Gasteiger partial charge in [-0.3, -0.25) is 0 Å². The van der Waals surface area contributed by atoms with E-state index >= 15 is 0 Å². The van der Waals surface area contributed by atoms with Crippen LogP contribution < -0.4 is 10.6 Å². The van der Waals surface area contributed by atoms with Crippen LogP contribution >= 0.6 is 35.3 Å². The van der Waals surface area contributed by atoms with Crippen molar-refractivity contribution in [2.24, 2.45) is 4.99 Å². The van der Waals surface area contributed by atoms with Crippen LogP contribution in [-0.4, -0.2) is 28.6 Å². The second-order valence-corrected chi connectivity index (χ2v) is 5.73. The first kappa shape index (κ1) is 18.0. The van der Waals surface area contributed by atoms with Crippen molar-refractivity contribution in [1.82, 2.24) is 20.2 Å². The van der Waals surface area contributed by atoms with Crippen molar-refractivity contribution in [3.8, 4) is 0 Å². The molecule has 5 nitrogen and oxygen atoms in total. The lowest BCUT2D eigenvalue weighted by atomic mass is 10.6. The van der Waals surface area contributed by atoms with Crippen molar-refractivity contribution < 1.29 is 0 Å². The largest absolute Gasteiger partial charge is 0.357 e. The molecule has 0 aliphatic heterocycles. The normalized spacial score (nSPS) is 11.0. The van der Waals surface area contributed by atoms with Gasteiger partial charge in [-0.05, 0) is 26.0 Å². The number of nitrogens with zero attached hydrogens (tertiary/aromatic N) is 3. The molecule has 2 aromatic heterocycles. The molecular formula is C14H22IN5S. The molecule has 21 heavy (non-hydrogen) atoms. The van der Waals surface area contributed by atoms with Crippen molar-refractivity contribution in [3.63, 3.8) is 0 Å². The van der Waals surface area contributed by atoms with Crippen LogP contribution in [0.1, 0.15) is 16.8 Å². The molecule has 0 bridgehead atoms. The fraction of sp³-hybridized carbons (Fsp3) is 0.429. The highest BCUT2D eigenvalue weighted by Gasteiger charge is 2.00. The summed E-state index contributed by atoms with van der Waals surface area (Å²) in [6.07, 6.45) is 6.01. The Labute approximate surface area is 146 Å². The number of nitrogens with one attached hydrogen (secondary N) is 2. The topological polar surface area (TPSA) is 54.2 Å². The van der Waals surface area contributed by atoms with Gasteiger partial charge in [0.2, 0.25) is 0 Å². The highest BCUT2D eigenvalue weighted by Crippen LogP contribution is 2.11. The van der Waals surface area contributed by atoms with E-state index in [9.17, 15) is 0 Å². The van der Waals surface area contributed by atoms with Gasteiger partial charge in [0.1, 0.15) is 5.01 Å². The Hall–Kier alpha value is -1.09. The van der Waals surface area contributed by atoms with E-state index in [0.29, 0.717) is 6.54 Å². The second kappa shape index (κ2) is 9.78. The number of halogens is 1. The van der Waals surface area contributed by atoms with Gasteiger partial charge >= 0.3 is 0 Å². The fourth-order valence-corrected chi connectivity index (χ4v) is 2.50. The summed E-state index contributed by atoms with van der Waals surface area (Å²) in [4.78, 5) is 10.1. The quantitative estimate of drug-likeness (QED) is 0.430. The maximum Gasteiger partial charge on any atom is 0.191 e. The average Bonchev–Trinajstić information content (AvgIpc) is 3.07. The summed E-state index contributed by atoms with van der Waals surface area (Å²) in [7, 11) is 0. The smallest absolute Gasteiger partial charge is 0.191 e. The molecule has 0 aliphatic rings. The standard InChI is InChI=1S/C14H21N5S.HI/c1-3-15-14(16-6-9-19-7-4-5-8-19)18-11-13-17-10-12(2)20-13;/h4-5,7-8,10H,3,6,9,11H2,1-2H3,(H2,15,16,18);1H. The van der Waals surface area contributed by atoms with Crippen LogP contribution in [0.4, 0.5) is 0 Å². The van der Waals surface area contributed by atoms with Crippen molar-refractivity contribution >= 4 is 41.3 Å². The van der Waals surface area contributed by atoms with Crippen molar-refractivity contribution in [2.75, 3.05) is 13.1 Å². The summed E-state index contributed by atoms with van der Waals surface area (Å²) >= 11 is 1.69. The maximum absolute atomic E-state index is 4.55.